The van der Waals surface area contributed by atoms with Gasteiger partial charge in [-0.1, -0.05) is 11.8 Å². The Kier molecular flexibility index (Phi) is 4.50. The van der Waals surface area contributed by atoms with E-state index in [4.69, 9.17) is 0 Å². The number of rotatable bonds is 6. The van der Waals surface area contributed by atoms with Crippen molar-refractivity contribution in [3.63, 3.8) is 0 Å². The molecule has 1 saturated carbocycles. The molecule has 5 nitrogen and oxygen atoms in total. The third-order valence-corrected chi connectivity index (χ3v) is 5.78. The van der Waals surface area contributed by atoms with E-state index in [0.717, 1.165) is 37.0 Å². The van der Waals surface area contributed by atoms with E-state index in [1.807, 2.05) is 6.92 Å². The number of aromatic nitrogens is 3. The number of carbonyl (C=O) groups is 1. The maximum absolute atomic E-state index is 13.1. The molecule has 2 heterocycles. The third-order valence-electron chi connectivity index (χ3n) is 4.73. The number of Topliss-reactive ketones (excluding diaryl/α,β-unsaturated/α-hetero) is 1. The summed E-state index contributed by atoms with van der Waals surface area (Å²) in [5.41, 5.74) is 0.527. The summed E-state index contributed by atoms with van der Waals surface area (Å²) < 4.78 is 15.3. The Labute approximate surface area is 150 Å². The maximum atomic E-state index is 13.1. The van der Waals surface area contributed by atoms with Crippen LogP contribution in [0.25, 0.3) is 0 Å². The van der Waals surface area contributed by atoms with Gasteiger partial charge in [0, 0.05) is 24.7 Å². The van der Waals surface area contributed by atoms with Crippen molar-refractivity contribution < 1.29 is 9.18 Å². The van der Waals surface area contributed by atoms with Crippen LogP contribution in [0.1, 0.15) is 49.0 Å². The topological polar surface area (TPSA) is 51.0 Å². The van der Waals surface area contributed by atoms with Crippen molar-refractivity contribution in [2.75, 3.05) is 18.0 Å². The zero-order valence-electron chi connectivity index (χ0n) is 14.2. The van der Waals surface area contributed by atoms with Crippen LogP contribution in [-0.4, -0.2) is 38.9 Å². The number of thioether (sulfide) groups is 1. The lowest BCUT2D eigenvalue weighted by Gasteiger charge is -2.18. The van der Waals surface area contributed by atoms with E-state index >= 15 is 0 Å². The van der Waals surface area contributed by atoms with Gasteiger partial charge in [0.05, 0.1) is 5.25 Å². The first-order valence-corrected chi connectivity index (χ1v) is 9.68. The van der Waals surface area contributed by atoms with Crippen LogP contribution >= 0.6 is 11.8 Å². The second-order valence-electron chi connectivity index (χ2n) is 6.71. The second-order valence-corrected chi connectivity index (χ2v) is 8.02. The van der Waals surface area contributed by atoms with Gasteiger partial charge in [-0.3, -0.25) is 9.36 Å². The number of carbonyl (C=O) groups excluding carboxylic acids is 1. The first kappa shape index (κ1) is 16.6. The number of benzene rings is 1. The molecule has 132 valence electrons. The number of anilines is 1. The van der Waals surface area contributed by atoms with Crippen LogP contribution in [0.15, 0.2) is 29.4 Å². The molecule has 2 fully saturated rings. The number of hydrogen-bond donors (Lipinski definition) is 0. The Morgan fingerprint density at radius 1 is 1.20 bits per heavy atom. The number of hydrogen-bond acceptors (Lipinski definition) is 5. The molecule has 1 saturated heterocycles. The summed E-state index contributed by atoms with van der Waals surface area (Å²) in [5.74, 6) is 0.600. The van der Waals surface area contributed by atoms with Gasteiger partial charge in [0.2, 0.25) is 5.95 Å². The molecule has 0 radical (unpaired) electrons. The highest BCUT2D eigenvalue weighted by Gasteiger charge is 2.33. The Balaban J connectivity index is 1.53. The summed E-state index contributed by atoms with van der Waals surface area (Å²) in [7, 11) is 0. The van der Waals surface area contributed by atoms with Crippen molar-refractivity contribution in [2.45, 2.75) is 49.1 Å². The molecule has 0 spiro atoms. The Morgan fingerprint density at radius 2 is 1.88 bits per heavy atom. The molecule has 4 rings (SSSR count). The van der Waals surface area contributed by atoms with E-state index in [1.165, 1.54) is 48.9 Å². The SMILES string of the molecule is CC(Sc1nnc(N2CCCC2)n1C1CC1)C(=O)c1ccc(F)cc1. The van der Waals surface area contributed by atoms with Gasteiger partial charge in [-0.25, -0.2) is 4.39 Å². The lowest BCUT2D eigenvalue weighted by molar-refractivity contribution is 0.0994. The monoisotopic (exact) mass is 360 g/mol. The molecule has 1 unspecified atom stereocenters. The minimum Gasteiger partial charge on any atom is -0.341 e. The van der Waals surface area contributed by atoms with Gasteiger partial charge < -0.3 is 4.90 Å². The summed E-state index contributed by atoms with van der Waals surface area (Å²) in [6.45, 7) is 3.93. The zero-order valence-corrected chi connectivity index (χ0v) is 15.0. The molecule has 1 aromatic carbocycles. The summed E-state index contributed by atoms with van der Waals surface area (Å²) in [4.78, 5) is 14.9. The minimum absolute atomic E-state index is 0.0157. The predicted octanol–water partition coefficient (Wildman–Crippen LogP) is 3.72. The molecule has 0 N–H and O–H groups in total. The van der Waals surface area contributed by atoms with Gasteiger partial charge >= 0.3 is 0 Å². The van der Waals surface area contributed by atoms with Crippen LogP contribution in [0.3, 0.4) is 0 Å². The molecule has 1 aliphatic heterocycles. The molecule has 2 aliphatic rings. The van der Waals surface area contributed by atoms with Crippen LogP contribution < -0.4 is 4.90 Å². The standard InChI is InChI=1S/C18H21FN4OS/c1-12(16(24)13-4-6-14(19)7-5-13)25-18-21-20-17(22-10-2-3-11-22)23(18)15-8-9-15/h4-7,12,15H,2-3,8-11H2,1H3. The summed E-state index contributed by atoms with van der Waals surface area (Å²) in [6, 6.07) is 6.18. The summed E-state index contributed by atoms with van der Waals surface area (Å²) >= 11 is 1.44. The highest BCUT2D eigenvalue weighted by molar-refractivity contribution is 8.00. The molecule has 2 aromatic rings. The quantitative estimate of drug-likeness (QED) is 0.580. The first-order valence-electron chi connectivity index (χ1n) is 8.80. The fourth-order valence-corrected chi connectivity index (χ4v) is 4.19. The van der Waals surface area contributed by atoms with Crippen LogP contribution in [0.4, 0.5) is 10.3 Å². The highest BCUT2D eigenvalue weighted by Crippen LogP contribution is 2.42. The van der Waals surface area contributed by atoms with Gasteiger partial charge in [0.25, 0.3) is 0 Å². The average molecular weight is 360 g/mol. The van der Waals surface area contributed by atoms with Crippen LogP contribution in [0, 0.1) is 5.82 Å². The van der Waals surface area contributed by atoms with Crippen molar-refractivity contribution in [3.8, 4) is 0 Å². The van der Waals surface area contributed by atoms with Crippen molar-refractivity contribution in [3.05, 3.63) is 35.6 Å². The van der Waals surface area contributed by atoms with Crippen molar-refractivity contribution >= 4 is 23.5 Å². The van der Waals surface area contributed by atoms with Gasteiger partial charge in [0.1, 0.15) is 5.82 Å². The normalized spacial score (nSPS) is 18.6. The maximum Gasteiger partial charge on any atom is 0.228 e. The fraction of sp³-hybridized carbons (Fsp3) is 0.500. The third kappa shape index (κ3) is 3.42. The van der Waals surface area contributed by atoms with E-state index in [1.54, 1.807) is 0 Å². The average Bonchev–Trinajstić information content (AvgIpc) is 3.14. The number of ketones is 1. The molecule has 25 heavy (non-hydrogen) atoms. The molecule has 1 atom stereocenters. The number of halogens is 1. The molecule has 7 heteroatoms. The molecule has 0 amide bonds. The molecule has 0 bridgehead atoms. The van der Waals surface area contributed by atoms with Gasteiger partial charge in [-0.05, 0) is 56.9 Å². The minimum atomic E-state index is -0.333. The van der Waals surface area contributed by atoms with Crippen LogP contribution in [0.2, 0.25) is 0 Å². The lowest BCUT2D eigenvalue weighted by atomic mass is 10.1. The Bertz CT molecular complexity index is 766. The van der Waals surface area contributed by atoms with E-state index < -0.39 is 0 Å². The lowest BCUT2D eigenvalue weighted by Crippen LogP contribution is -2.22. The van der Waals surface area contributed by atoms with Gasteiger partial charge in [0.15, 0.2) is 10.9 Å². The Hall–Kier alpha value is -1.89. The Morgan fingerprint density at radius 3 is 2.52 bits per heavy atom. The van der Waals surface area contributed by atoms with E-state index in [0.29, 0.717) is 11.6 Å². The second kappa shape index (κ2) is 6.78. The van der Waals surface area contributed by atoms with E-state index in [9.17, 15) is 9.18 Å². The van der Waals surface area contributed by atoms with Gasteiger partial charge in [-0.2, -0.15) is 0 Å². The predicted molar refractivity (Wildman–Crippen MR) is 95.8 cm³/mol. The first-order chi connectivity index (χ1) is 12.1. The van der Waals surface area contributed by atoms with Crippen LogP contribution in [-0.2, 0) is 0 Å². The molecular weight excluding hydrogens is 339 g/mol. The summed E-state index contributed by atoms with van der Waals surface area (Å²) in [5, 5.41) is 9.31. The largest absolute Gasteiger partial charge is 0.341 e. The summed E-state index contributed by atoms with van der Waals surface area (Å²) in [6.07, 6.45) is 4.68. The van der Waals surface area contributed by atoms with Crippen molar-refractivity contribution in [2.24, 2.45) is 0 Å². The smallest absolute Gasteiger partial charge is 0.228 e. The van der Waals surface area contributed by atoms with E-state index in [2.05, 4.69) is 19.7 Å². The van der Waals surface area contributed by atoms with Gasteiger partial charge in [-0.15, -0.1) is 10.2 Å². The van der Waals surface area contributed by atoms with E-state index in [-0.39, 0.29) is 16.9 Å². The fourth-order valence-electron chi connectivity index (χ4n) is 3.20. The van der Waals surface area contributed by atoms with Crippen molar-refractivity contribution in [1.29, 1.82) is 0 Å². The van der Waals surface area contributed by atoms with Crippen molar-refractivity contribution in [1.82, 2.24) is 14.8 Å². The molecular formula is C18H21FN4OS. The molecule has 1 aliphatic carbocycles. The highest BCUT2D eigenvalue weighted by atomic mass is 32.2. The number of nitrogens with zero attached hydrogens (tertiary/aromatic N) is 4. The zero-order chi connectivity index (χ0) is 17.4. The molecule has 1 aromatic heterocycles. The van der Waals surface area contributed by atoms with Crippen LogP contribution in [0.5, 0.6) is 0 Å².